The summed E-state index contributed by atoms with van der Waals surface area (Å²) >= 11 is 1.32. The number of allylic oxidation sites excluding steroid dienone is 1. The molecule has 2 heterocycles. The van der Waals surface area contributed by atoms with Crippen LogP contribution in [0.3, 0.4) is 0 Å². The van der Waals surface area contributed by atoms with Gasteiger partial charge in [0.05, 0.1) is 17.7 Å². The third-order valence-corrected chi connectivity index (χ3v) is 6.50. The van der Waals surface area contributed by atoms with Crippen LogP contribution in [0.25, 0.3) is 6.08 Å². The van der Waals surface area contributed by atoms with Gasteiger partial charge < -0.3 is 9.47 Å². The van der Waals surface area contributed by atoms with Crippen LogP contribution in [0.4, 0.5) is 0 Å². The quantitative estimate of drug-likeness (QED) is 0.326. The van der Waals surface area contributed by atoms with Crippen molar-refractivity contribution in [1.29, 1.82) is 5.41 Å². The highest BCUT2D eigenvalue weighted by Crippen LogP contribution is 2.34. The molecule has 2 aliphatic heterocycles. The summed E-state index contributed by atoms with van der Waals surface area (Å²) in [5.41, 5.74) is 3.19. The van der Waals surface area contributed by atoms with E-state index in [1.807, 2.05) is 31.4 Å². The Morgan fingerprint density at radius 2 is 1.86 bits per heavy atom. The Bertz CT molecular complexity index is 1300. The number of carbonyl (C=O) groups is 2. The minimum atomic E-state index is -0.489. The van der Waals surface area contributed by atoms with Gasteiger partial charge >= 0.3 is 5.97 Å². The van der Waals surface area contributed by atoms with E-state index in [-0.39, 0.29) is 22.6 Å². The number of esters is 1. The highest BCUT2D eigenvalue weighted by atomic mass is 32.2. The monoisotopic (exact) mass is 489 g/mol. The van der Waals surface area contributed by atoms with Gasteiger partial charge in [0.25, 0.3) is 5.91 Å². The minimum Gasteiger partial charge on any atom is -0.490 e. The summed E-state index contributed by atoms with van der Waals surface area (Å²) in [4.78, 5) is 31.1. The Labute approximate surface area is 209 Å². The van der Waals surface area contributed by atoms with Crippen LogP contribution < -0.4 is 9.47 Å². The summed E-state index contributed by atoms with van der Waals surface area (Å²) in [6, 6.07) is 12.4. The first-order valence-corrected chi connectivity index (χ1v) is 12.1. The topological polar surface area (TPSA) is 92.1 Å². The molecule has 0 aliphatic carbocycles. The van der Waals surface area contributed by atoms with Gasteiger partial charge in [-0.3, -0.25) is 15.1 Å². The first kappa shape index (κ1) is 24.5. The molecular formula is C27H27N3O4S. The van der Waals surface area contributed by atoms with Crippen LogP contribution >= 0.6 is 11.8 Å². The highest BCUT2D eigenvalue weighted by Gasteiger charge is 2.34. The third kappa shape index (κ3) is 5.07. The van der Waals surface area contributed by atoms with E-state index >= 15 is 0 Å². The standard InChI is InChI=1S/C27H27N3O4S/c1-6-33-22-14-17(13-20-23(28)30-16(2)15-35-26(30)29-24(20)31)7-12-21(22)34-25(32)18-8-10-19(11-9-18)27(3,4)5/h7-15,28H,6H2,1-5H3/b20-13+,28-23?. The van der Waals surface area contributed by atoms with E-state index in [0.717, 1.165) is 11.3 Å². The van der Waals surface area contributed by atoms with Crippen LogP contribution in [0.1, 0.15) is 56.1 Å². The largest absolute Gasteiger partial charge is 0.490 e. The number of aliphatic imine (C=N–C) groups is 1. The smallest absolute Gasteiger partial charge is 0.343 e. The first-order valence-electron chi connectivity index (χ1n) is 11.2. The van der Waals surface area contributed by atoms with E-state index in [2.05, 4.69) is 25.8 Å². The Morgan fingerprint density at radius 3 is 2.51 bits per heavy atom. The fraction of sp³-hybridized carbons (Fsp3) is 0.259. The van der Waals surface area contributed by atoms with Gasteiger partial charge in [0, 0.05) is 5.70 Å². The van der Waals surface area contributed by atoms with E-state index in [9.17, 15) is 9.59 Å². The van der Waals surface area contributed by atoms with Crippen molar-refractivity contribution in [2.75, 3.05) is 6.61 Å². The molecule has 8 heteroatoms. The average Bonchev–Trinajstić information content (AvgIpc) is 3.18. The van der Waals surface area contributed by atoms with Gasteiger partial charge in [-0.2, -0.15) is 4.99 Å². The fourth-order valence-corrected chi connectivity index (χ4v) is 4.50. The Morgan fingerprint density at radius 1 is 1.14 bits per heavy atom. The molecule has 0 spiro atoms. The van der Waals surface area contributed by atoms with E-state index in [0.29, 0.717) is 28.7 Å². The predicted molar refractivity (Wildman–Crippen MR) is 139 cm³/mol. The first-order chi connectivity index (χ1) is 16.6. The van der Waals surface area contributed by atoms with Crippen molar-refractivity contribution >= 4 is 40.7 Å². The van der Waals surface area contributed by atoms with Crippen molar-refractivity contribution in [3.63, 3.8) is 0 Å². The molecule has 0 bridgehead atoms. The lowest BCUT2D eigenvalue weighted by Crippen LogP contribution is -2.37. The number of ether oxygens (including phenoxy) is 2. The molecule has 0 atom stereocenters. The summed E-state index contributed by atoms with van der Waals surface area (Å²) in [5, 5.41) is 10.8. The number of rotatable bonds is 5. The minimum absolute atomic E-state index is 0.0134. The summed E-state index contributed by atoms with van der Waals surface area (Å²) in [6.45, 7) is 10.4. The molecule has 2 aliphatic rings. The van der Waals surface area contributed by atoms with Gasteiger partial charge in [-0.05, 0) is 66.1 Å². The van der Waals surface area contributed by atoms with E-state index < -0.39 is 11.9 Å². The van der Waals surface area contributed by atoms with Crippen molar-refractivity contribution in [1.82, 2.24) is 4.90 Å². The van der Waals surface area contributed by atoms with Crippen molar-refractivity contribution < 1.29 is 19.1 Å². The number of nitrogens with one attached hydrogen (secondary N) is 1. The van der Waals surface area contributed by atoms with Gasteiger partial charge in [0.2, 0.25) is 0 Å². The number of benzene rings is 2. The molecule has 4 rings (SSSR count). The number of hydrogen-bond acceptors (Lipinski definition) is 6. The molecule has 180 valence electrons. The van der Waals surface area contributed by atoms with Crippen molar-refractivity contribution in [3.8, 4) is 11.5 Å². The van der Waals surface area contributed by atoms with Crippen LogP contribution in [0.5, 0.6) is 11.5 Å². The molecule has 0 unspecified atom stereocenters. The number of amides is 1. The van der Waals surface area contributed by atoms with Crippen molar-refractivity contribution in [2.45, 2.75) is 40.0 Å². The predicted octanol–water partition coefficient (Wildman–Crippen LogP) is 5.77. The number of amidine groups is 2. The van der Waals surface area contributed by atoms with Gasteiger partial charge in [0.1, 0.15) is 5.84 Å². The second kappa shape index (κ2) is 9.54. The molecule has 0 saturated carbocycles. The maximum Gasteiger partial charge on any atom is 0.343 e. The molecule has 0 fully saturated rings. The highest BCUT2D eigenvalue weighted by molar-refractivity contribution is 8.16. The Balaban J connectivity index is 1.59. The SMILES string of the molecule is CCOc1cc(/C=C2\C(=N)N3C(C)=CSC3=NC2=O)ccc1OC(=O)c1ccc(C(C)(C)C)cc1. The molecule has 7 nitrogen and oxygen atoms in total. The van der Waals surface area contributed by atoms with Gasteiger partial charge in [-0.25, -0.2) is 4.79 Å². The maximum atomic E-state index is 12.8. The lowest BCUT2D eigenvalue weighted by molar-refractivity contribution is -0.114. The number of thioether (sulfide) groups is 1. The second-order valence-corrected chi connectivity index (χ2v) is 10.0. The fourth-order valence-electron chi connectivity index (χ4n) is 3.64. The number of hydrogen-bond donors (Lipinski definition) is 1. The molecule has 0 saturated heterocycles. The summed E-state index contributed by atoms with van der Waals surface area (Å²) in [6.07, 6.45) is 1.60. The molecule has 0 aromatic heterocycles. The second-order valence-electron chi connectivity index (χ2n) is 9.17. The van der Waals surface area contributed by atoms with E-state index in [4.69, 9.17) is 14.9 Å². The normalized spacial score (nSPS) is 16.7. The molecule has 2 aromatic carbocycles. The lowest BCUT2D eigenvalue weighted by Gasteiger charge is -2.25. The zero-order valence-electron chi connectivity index (χ0n) is 20.3. The van der Waals surface area contributed by atoms with Crippen LogP contribution in [0, 0.1) is 5.41 Å². The summed E-state index contributed by atoms with van der Waals surface area (Å²) in [5.74, 6) is -0.236. The van der Waals surface area contributed by atoms with Crippen LogP contribution in [0.2, 0.25) is 0 Å². The van der Waals surface area contributed by atoms with E-state index in [1.165, 1.54) is 11.8 Å². The molecule has 35 heavy (non-hydrogen) atoms. The molecule has 1 N–H and O–H groups in total. The van der Waals surface area contributed by atoms with Gasteiger partial charge in [0.15, 0.2) is 16.7 Å². The van der Waals surface area contributed by atoms with Gasteiger partial charge in [-0.1, -0.05) is 50.7 Å². The zero-order chi connectivity index (χ0) is 25.3. The number of fused-ring (bicyclic) bond motifs is 1. The Kier molecular flexibility index (Phi) is 6.67. The van der Waals surface area contributed by atoms with Crippen molar-refractivity contribution in [3.05, 3.63) is 75.8 Å². The summed E-state index contributed by atoms with van der Waals surface area (Å²) in [7, 11) is 0. The number of nitrogens with zero attached hydrogens (tertiary/aromatic N) is 2. The molecular weight excluding hydrogens is 462 g/mol. The van der Waals surface area contributed by atoms with E-state index in [1.54, 1.807) is 41.3 Å². The maximum absolute atomic E-state index is 12.8. The van der Waals surface area contributed by atoms with Crippen LogP contribution in [-0.4, -0.2) is 34.4 Å². The van der Waals surface area contributed by atoms with Crippen molar-refractivity contribution in [2.24, 2.45) is 4.99 Å². The summed E-state index contributed by atoms with van der Waals surface area (Å²) < 4.78 is 11.3. The third-order valence-electron chi connectivity index (χ3n) is 5.55. The molecule has 1 amide bonds. The lowest BCUT2D eigenvalue weighted by atomic mass is 9.87. The zero-order valence-corrected chi connectivity index (χ0v) is 21.2. The number of carbonyl (C=O) groups excluding carboxylic acids is 2. The molecule has 0 radical (unpaired) electrons. The van der Waals surface area contributed by atoms with Gasteiger partial charge in [-0.15, -0.1) is 0 Å². The average molecular weight is 490 g/mol. The Hall–Kier alpha value is -3.65. The van der Waals surface area contributed by atoms with Crippen LogP contribution in [-0.2, 0) is 10.2 Å². The molecule has 2 aromatic rings. The van der Waals surface area contributed by atoms with Crippen LogP contribution in [0.15, 0.2) is 64.1 Å².